The quantitative estimate of drug-likeness (QED) is 0.664. The molecule has 1 heterocycles. The van der Waals surface area contributed by atoms with Crippen LogP contribution in [0, 0.1) is 5.41 Å². The van der Waals surface area contributed by atoms with Crippen LogP contribution in [0.5, 0.6) is 11.5 Å². The van der Waals surface area contributed by atoms with Crippen molar-refractivity contribution in [3.05, 3.63) is 24.3 Å². The summed E-state index contributed by atoms with van der Waals surface area (Å²) in [6.45, 7) is 12.8. The molecule has 5 nitrogen and oxygen atoms in total. The maximum Gasteiger partial charge on any atom is 0.194 e. The van der Waals surface area contributed by atoms with Gasteiger partial charge >= 0.3 is 0 Å². The molecule has 2 rings (SSSR count). The molecule has 24 heavy (non-hydrogen) atoms. The zero-order valence-corrected chi connectivity index (χ0v) is 16.0. The molecule has 1 saturated heterocycles. The normalized spacial score (nSPS) is 20.1. The topological polar surface area (TPSA) is 46.1 Å². The Labute approximate surface area is 146 Å². The van der Waals surface area contributed by atoms with E-state index in [4.69, 9.17) is 9.47 Å². The molecule has 0 radical (unpaired) electrons. The fourth-order valence-electron chi connectivity index (χ4n) is 2.90. The smallest absolute Gasteiger partial charge is 0.194 e. The minimum Gasteiger partial charge on any atom is -0.493 e. The summed E-state index contributed by atoms with van der Waals surface area (Å²) in [7, 11) is 3.48. The first-order valence-electron chi connectivity index (χ1n) is 8.51. The van der Waals surface area contributed by atoms with Gasteiger partial charge in [-0.3, -0.25) is 4.99 Å². The van der Waals surface area contributed by atoms with Gasteiger partial charge in [0.15, 0.2) is 17.5 Å². The molecular weight excluding hydrogens is 302 g/mol. The van der Waals surface area contributed by atoms with Crippen LogP contribution >= 0.6 is 0 Å². The van der Waals surface area contributed by atoms with E-state index in [0.29, 0.717) is 6.54 Å². The first-order chi connectivity index (χ1) is 11.2. The highest BCUT2D eigenvalue weighted by atomic mass is 16.5. The Bertz CT molecular complexity index is 596. The van der Waals surface area contributed by atoms with Crippen molar-refractivity contribution < 1.29 is 9.47 Å². The van der Waals surface area contributed by atoms with Gasteiger partial charge in [-0.15, -0.1) is 0 Å². The molecule has 5 heteroatoms. The summed E-state index contributed by atoms with van der Waals surface area (Å²) in [5.41, 5.74) is 0.367. The number of hydrogen-bond acceptors (Lipinski definition) is 3. The number of nitrogens with zero attached hydrogens (tertiary/aromatic N) is 2. The molecule has 1 aliphatic rings. The number of aliphatic imine (C=N–C) groups is 1. The summed E-state index contributed by atoms with van der Waals surface area (Å²) in [4.78, 5) is 6.76. The summed E-state index contributed by atoms with van der Waals surface area (Å²) in [6, 6.07) is 7.70. The maximum absolute atomic E-state index is 5.99. The van der Waals surface area contributed by atoms with Gasteiger partial charge in [-0.1, -0.05) is 26.0 Å². The molecule has 0 bridgehead atoms. The monoisotopic (exact) mass is 333 g/mol. The van der Waals surface area contributed by atoms with E-state index in [0.717, 1.165) is 24.0 Å². The zero-order valence-electron chi connectivity index (χ0n) is 16.0. The second kappa shape index (κ2) is 6.91. The van der Waals surface area contributed by atoms with Crippen LogP contribution in [0.1, 0.15) is 34.6 Å². The molecule has 1 aromatic rings. The predicted molar refractivity (Wildman–Crippen MR) is 99.0 cm³/mol. The van der Waals surface area contributed by atoms with Gasteiger partial charge in [-0.25, -0.2) is 0 Å². The van der Waals surface area contributed by atoms with Crippen LogP contribution in [0.2, 0.25) is 0 Å². The van der Waals surface area contributed by atoms with Gasteiger partial charge in [-0.05, 0) is 32.9 Å². The summed E-state index contributed by atoms with van der Waals surface area (Å²) in [6.07, 6.45) is -0.00421. The van der Waals surface area contributed by atoms with Crippen molar-refractivity contribution in [3.8, 4) is 11.5 Å². The van der Waals surface area contributed by atoms with E-state index in [1.54, 1.807) is 7.11 Å². The molecule has 0 saturated carbocycles. The van der Waals surface area contributed by atoms with Crippen molar-refractivity contribution in [2.45, 2.75) is 46.3 Å². The van der Waals surface area contributed by atoms with Gasteiger partial charge in [0.05, 0.1) is 13.7 Å². The number of nitrogens with one attached hydrogen (secondary N) is 1. The lowest BCUT2D eigenvalue weighted by Gasteiger charge is -2.62. The molecule has 1 aromatic carbocycles. The summed E-state index contributed by atoms with van der Waals surface area (Å²) < 4.78 is 11.3. The van der Waals surface area contributed by atoms with Crippen molar-refractivity contribution in [1.29, 1.82) is 0 Å². The van der Waals surface area contributed by atoms with Gasteiger partial charge in [-0.2, -0.15) is 0 Å². The molecule has 0 spiro atoms. The Morgan fingerprint density at radius 1 is 1.25 bits per heavy atom. The van der Waals surface area contributed by atoms with Crippen molar-refractivity contribution in [2.24, 2.45) is 10.4 Å². The Kier molecular flexibility index (Phi) is 5.31. The molecule has 1 unspecified atom stereocenters. The van der Waals surface area contributed by atoms with Crippen LogP contribution < -0.4 is 14.8 Å². The van der Waals surface area contributed by atoms with Gasteiger partial charge in [0, 0.05) is 24.5 Å². The molecule has 1 aliphatic heterocycles. The summed E-state index contributed by atoms with van der Waals surface area (Å²) in [5.74, 6) is 2.43. The fraction of sp³-hybridized carbons (Fsp3) is 0.632. The van der Waals surface area contributed by atoms with Crippen LogP contribution in [-0.2, 0) is 0 Å². The van der Waals surface area contributed by atoms with Gasteiger partial charge < -0.3 is 19.7 Å². The lowest BCUT2D eigenvalue weighted by atomic mass is 9.65. The van der Waals surface area contributed by atoms with Gasteiger partial charge in [0.1, 0.15) is 6.10 Å². The number of likely N-dealkylation sites (tertiary alicyclic amines) is 1. The highest BCUT2D eigenvalue weighted by Gasteiger charge is 2.53. The molecule has 1 atom stereocenters. The van der Waals surface area contributed by atoms with E-state index >= 15 is 0 Å². The predicted octanol–water partition coefficient (Wildman–Crippen LogP) is 3.16. The second-order valence-electron chi connectivity index (χ2n) is 7.54. The van der Waals surface area contributed by atoms with Crippen molar-refractivity contribution >= 4 is 5.96 Å². The molecule has 1 N–H and O–H groups in total. The third kappa shape index (κ3) is 3.45. The van der Waals surface area contributed by atoms with Crippen LogP contribution in [0.3, 0.4) is 0 Å². The Morgan fingerprint density at radius 2 is 1.88 bits per heavy atom. The summed E-state index contributed by atoms with van der Waals surface area (Å²) in [5, 5.41) is 3.43. The van der Waals surface area contributed by atoms with Crippen molar-refractivity contribution in [2.75, 3.05) is 27.2 Å². The third-order valence-electron chi connectivity index (χ3n) is 5.30. The fourth-order valence-corrected chi connectivity index (χ4v) is 2.90. The lowest BCUT2D eigenvalue weighted by molar-refractivity contribution is -0.0669. The highest BCUT2D eigenvalue weighted by Crippen LogP contribution is 2.46. The van der Waals surface area contributed by atoms with Gasteiger partial charge in [0.2, 0.25) is 0 Å². The number of ether oxygens (including phenoxy) is 2. The Balaban J connectivity index is 1.92. The number of rotatable bonds is 5. The van der Waals surface area contributed by atoms with Crippen LogP contribution in [0.4, 0.5) is 0 Å². The van der Waals surface area contributed by atoms with Crippen LogP contribution in [0.25, 0.3) is 0 Å². The Morgan fingerprint density at radius 3 is 2.38 bits per heavy atom. The molecule has 0 aromatic heterocycles. The number of para-hydroxylation sites is 2. The average Bonchev–Trinajstić information content (AvgIpc) is 2.54. The van der Waals surface area contributed by atoms with Crippen molar-refractivity contribution in [3.63, 3.8) is 0 Å². The molecular formula is C19H31N3O2. The third-order valence-corrected chi connectivity index (χ3v) is 5.30. The zero-order chi connectivity index (χ0) is 18.0. The van der Waals surface area contributed by atoms with E-state index < -0.39 is 0 Å². The second-order valence-corrected chi connectivity index (χ2v) is 7.54. The van der Waals surface area contributed by atoms with Gasteiger partial charge in [0.25, 0.3) is 0 Å². The minimum absolute atomic E-state index is 0.00421. The highest BCUT2D eigenvalue weighted by molar-refractivity contribution is 5.82. The molecule has 134 valence electrons. The largest absolute Gasteiger partial charge is 0.493 e. The first-order valence-corrected chi connectivity index (χ1v) is 8.51. The number of hydrogen-bond donors (Lipinski definition) is 1. The number of methoxy groups -OCH3 is 1. The Hall–Kier alpha value is -1.91. The number of benzene rings is 1. The minimum atomic E-state index is -0.00421. The van der Waals surface area contributed by atoms with Crippen LogP contribution in [0.15, 0.2) is 29.3 Å². The SMILES string of the molecule is CN=C(NCC(C)Oc1ccccc1OC)N1CC(C)(C)C1(C)C. The maximum atomic E-state index is 5.99. The number of guanidine groups is 1. The molecule has 0 aliphatic carbocycles. The van der Waals surface area contributed by atoms with E-state index in [2.05, 4.69) is 42.9 Å². The van der Waals surface area contributed by atoms with E-state index in [9.17, 15) is 0 Å². The first kappa shape index (κ1) is 18.4. The van der Waals surface area contributed by atoms with E-state index in [1.165, 1.54) is 0 Å². The van der Waals surface area contributed by atoms with E-state index in [1.807, 2.05) is 38.2 Å². The van der Waals surface area contributed by atoms with Crippen molar-refractivity contribution in [1.82, 2.24) is 10.2 Å². The lowest BCUT2D eigenvalue weighted by Crippen LogP contribution is -2.72. The standard InChI is InChI=1S/C19H31N3O2/c1-14(24-16-11-9-8-10-15(16)23-7)12-21-17(20-6)22-13-18(2,3)19(22,4)5/h8-11,14H,12-13H2,1-7H3,(H,20,21). The van der Waals surface area contributed by atoms with E-state index in [-0.39, 0.29) is 17.1 Å². The van der Waals surface area contributed by atoms with Crippen LogP contribution in [-0.4, -0.2) is 49.7 Å². The summed E-state index contributed by atoms with van der Waals surface area (Å²) >= 11 is 0. The molecule has 1 fully saturated rings. The average molecular weight is 333 g/mol. The molecule has 0 amide bonds.